The Bertz CT molecular complexity index is 918. The van der Waals surface area contributed by atoms with Gasteiger partial charge in [0.25, 0.3) is 0 Å². The van der Waals surface area contributed by atoms with Crippen LogP contribution in [0.5, 0.6) is 11.5 Å². The highest BCUT2D eigenvalue weighted by Crippen LogP contribution is 2.29. The van der Waals surface area contributed by atoms with Gasteiger partial charge in [0.2, 0.25) is 0 Å². The maximum absolute atomic E-state index is 10.0. The number of aromatic nitrogens is 1. The summed E-state index contributed by atoms with van der Waals surface area (Å²) in [6, 6.07) is 16.3. The van der Waals surface area contributed by atoms with E-state index in [1.807, 2.05) is 56.3 Å². The second-order valence-corrected chi connectivity index (χ2v) is 5.89. The van der Waals surface area contributed by atoms with E-state index in [0.29, 0.717) is 22.8 Å². The van der Waals surface area contributed by atoms with Gasteiger partial charge in [-0.15, -0.1) is 0 Å². The number of benzene rings is 2. The molecule has 0 saturated carbocycles. The molecule has 0 aliphatic heterocycles. The first-order chi connectivity index (χ1) is 12.5. The zero-order chi connectivity index (χ0) is 18.5. The van der Waals surface area contributed by atoms with Gasteiger partial charge in [-0.05, 0) is 49.2 Å². The summed E-state index contributed by atoms with van der Waals surface area (Å²) < 4.78 is 0. The number of phenolic OH excluding ortho intramolecular Hbond substituents is 2. The Hall–Kier alpha value is -3.47. The molecule has 0 aliphatic carbocycles. The highest BCUT2D eigenvalue weighted by atomic mass is 16.3. The number of nitrogens with zero attached hydrogens (tertiary/aromatic N) is 3. The van der Waals surface area contributed by atoms with Gasteiger partial charge in [0, 0.05) is 0 Å². The minimum absolute atomic E-state index is 0.163. The lowest BCUT2D eigenvalue weighted by Gasteiger charge is -2.02. The molecular weight excluding hydrogens is 326 g/mol. The van der Waals surface area contributed by atoms with E-state index in [1.165, 1.54) is 0 Å². The van der Waals surface area contributed by atoms with E-state index >= 15 is 0 Å². The van der Waals surface area contributed by atoms with E-state index in [0.717, 1.165) is 11.1 Å². The SMILES string of the molecule is Cc1cccc(N=Cc2cccc(C=Nc3cccc(C)c3O)n2)c1O. The van der Waals surface area contributed by atoms with Gasteiger partial charge in [0.05, 0.1) is 23.8 Å². The summed E-state index contributed by atoms with van der Waals surface area (Å²) in [7, 11) is 0. The lowest BCUT2D eigenvalue weighted by atomic mass is 10.2. The highest BCUT2D eigenvalue weighted by molar-refractivity contribution is 5.85. The van der Waals surface area contributed by atoms with Crippen LogP contribution in [0, 0.1) is 13.8 Å². The molecule has 3 aromatic rings. The Balaban J connectivity index is 1.82. The summed E-state index contributed by atoms with van der Waals surface area (Å²) >= 11 is 0. The lowest BCUT2D eigenvalue weighted by molar-refractivity contribution is 0.472. The molecule has 0 unspecified atom stereocenters. The van der Waals surface area contributed by atoms with E-state index in [4.69, 9.17) is 0 Å². The van der Waals surface area contributed by atoms with Crippen LogP contribution in [-0.4, -0.2) is 27.6 Å². The second kappa shape index (κ2) is 7.61. The van der Waals surface area contributed by atoms with Crippen molar-refractivity contribution in [3.8, 4) is 11.5 Å². The second-order valence-electron chi connectivity index (χ2n) is 5.89. The average molecular weight is 345 g/mol. The van der Waals surface area contributed by atoms with Crippen LogP contribution >= 0.6 is 0 Å². The van der Waals surface area contributed by atoms with E-state index in [9.17, 15) is 10.2 Å². The molecule has 0 aliphatic rings. The molecule has 0 saturated heterocycles. The van der Waals surface area contributed by atoms with Gasteiger partial charge >= 0.3 is 0 Å². The predicted octanol–water partition coefficient (Wildman–Crippen LogP) is 4.61. The van der Waals surface area contributed by atoms with Crippen molar-refractivity contribution in [2.75, 3.05) is 0 Å². The van der Waals surface area contributed by atoms with Crippen molar-refractivity contribution in [2.24, 2.45) is 9.98 Å². The van der Waals surface area contributed by atoms with Crippen molar-refractivity contribution in [1.29, 1.82) is 0 Å². The van der Waals surface area contributed by atoms with Crippen LogP contribution in [0.2, 0.25) is 0 Å². The number of rotatable bonds is 4. The maximum atomic E-state index is 10.0. The first-order valence-electron chi connectivity index (χ1n) is 8.17. The van der Waals surface area contributed by atoms with Crippen LogP contribution in [0.1, 0.15) is 22.5 Å². The fourth-order valence-electron chi connectivity index (χ4n) is 2.38. The fourth-order valence-corrected chi connectivity index (χ4v) is 2.38. The third-order valence-corrected chi connectivity index (χ3v) is 3.90. The van der Waals surface area contributed by atoms with Crippen molar-refractivity contribution >= 4 is 23.8 Å². The lowest BCUT2D eigenvalue weighted by Crippen LogP contribution is -1.93. The molecule has 0 bridgehead atoms. The van der Waals surface area contributed by atoms with Crippen molar-refractivity contribution < 1.29 is 10.2 Å². The fraction of sp³-hybridized carbons (Fsp3) is 0.0952. The average Bonchev–Trinajstić information content (AvgIpc) is 2.64. The molecule has 1 heterocycles. The Labute approximate surface area is 152 Å². The molecule has 26 heavy (non-hydrogen) atoms. The van der Waals surface area contributed by atoms with Crippen LogP contribution in [0.25, 0.3) is 0 Å². The van der Waals surface area contributed by atoms with Gasteiger partial charge in [0.1, 0.15) is 22.9 Å². The number of phenols is 2. The smallest absolute Gasteiger partial charge is 0.144 e. The van der Waals surface area contributed by atoms with Crippen molar-refractivity contribution in [1.82, 2.24) is 4.98 Å². The third kappa shape index (κ3) is 3.95. The Morgan fingerprint density at radius 2 is 1.12 bits per heavy atom. The molecule has 2 N–H and O–H groups in total. The molecule has 3 rings (SSSR count). The van der Waals surface area contributed by atoms with Crippen LogP contribution < -0.4 is 0 Å². The number of aliphatic imine (C=N–C) groups is 2. The summed E-state index contributed by atoms with van der Waals surface area (Å²) in [6.45, 7) is 3.65. The summed E-state index contributed by atoms with van der Waals surface area (Å²) in [6.07, 6.45) is 3.19. The third-order valence-electron chi connectivity index (χ3n) is 3.90. The Morgan fingerprint density at radius 1 is 0.692 bits per heavy atom. The molecule has 0 spiro atoms. The molecule has 0 fully saturated rings. The number of pyridine rings is 1. The van der Waals surface area contributed by atoms with Crippen LogP contribution in [0.15, 0.2) is 64.6 Å². The molecule has 1 aromatic heterocycles. The minimum atomic E-state index is 0.163. The number of hydrogen-bond acceptors (Lipinski definition) is 5. The topological polar surface area (TPSA) is 78.1 Å². The number of hydrogen-bond donors (Lipinski definition) is 2. The monoisotopic (exact) mass is 345 g/mol. The molecular formula is C21H19N3O2. The molecule has 0 amide bonds. The van der Waals surface area contributed by atoms with Gasteiger partial charge in [-0.25, -0.2) is 4.98 Å². The quantitative estimate of drug-likeness (QED) is 0.678. The van der Waals surface area contributed by atoms with Crippen molar-refractivity contribution in [3.05, 3.63) is 77.1 Å². The molecule has 130 valence electrons. The van der Waals surface area contributed by atoms with E-state index in [2.05, 4.69) is 15.0 Å². The largest absolute Gasteiger partial charge is 0.505 e. The predicted molar refractivity (Wildman–Crippen MR) is 104 cm³/mol. The van der Waals surface area contributed by atoms with Gasteiger partial charge < -0.3 is 10.2 Å². The minimum Gasteiger partial charge on any atom is -0.505 e. The number of aromatic hydroxyl groups is 2. The van der Waals surface area contributed by atoms with E-state index in [1.54, 1.807) is 24.6 Å². The summed E-state index contributed by atoms with van der Waals surface area (Å²) in [5.41, 5.74) is 3.82. The van der Waals surface area contributed by atoms with Crippen molar-refractivity contribution in [2.45, 2.75) is 13.8 Å². The standard InChI is InChI=1S/C21H19N3O2/c1-14-6-3-10-18(20(14)25)22-12-16-8-5-9-17(24-16)13-23-19-11-4-7-15(2)21(19)26/h3-13,25-26H,1-2H3. The number of aryl methyl sites for hydroxylation is 2. The molecule has 5 nitrogen and oxygen atoms in total. The Kier molecular flexibility index (Phi) is 5.08. The van der Waals surface area contributed by atoms with Gasteiger partial charge in [-0.1, -0.05) is 30.3 Å². The van der Waals surface area contributed by atoms with Gasteiger partial charge in [0.15, 0.2) is 0 Å². The first-order valence-corrected chi connectivity index (χ1v) is 8.17. The van der Waals surface area contributed by atoms with Gasteiger partial charge in [-0.2, -0.15) is 0 Å². The van der Waals surface area contributed by atoms with Crippen LogP contribution in [0.3, 0.4) is 0 Å². The normalized spacial score (nSPS) is 11.5. The van der Waals surface area contributed by atoms with E-state index < -0.39 is 0 Å². The zero-order valence-corrected chi connectivity index (χ0v) is 14.6. The van der Waals surface area contributed by atoms with Crippen LogP contribution in [0.4, 0.5) is 11.4 Å². The van der Waals surface area contributed by atoms with Crippen LogP contribution in [-0.2, 0) is 0 Å². The molecule has 2 aromatic carbocycles. The highest BCUT2D eigenvalue weighted by Gasteiger charge is 2.02. The summed E-state index contributed by atoms with van der Waals surface area (Å²) in [4.78, 5) is 13.0. The molecule has 0 radical (unpaired) electrons. The zero-order valence-electron chi connectivity index (χ0n) is 14.6. The number of para-hydroxylation sites is 2. The maximum Gasteiger partial charge on any atom is 0.144 e. The van der Waals surface area contributed by atoms with Crippen molar-refractivity contribution in [3.63, 3.8) is 0 Å². The summed E-state index contributed by atoms with van der Waals surface area (Å²) in [5, 5.41) is 20.0. The Morgan fingerprint density at radius 3 is 1.58 bits per heavy atom. The van der Waals surface area contributed by atoms with E-state index in [-0.39, 0.29) is 11.5 Å². The van der Waals surface area contributed by atoms with Gasteiger partial charge in [-0.3, -0.25) is 9.98 Å². The summed E-state index contributed by atoms with van der Waals surface area (Å²) in [5.74, 6) is 0.327. The molecule has 0 atom stereocenters. The molecule has 5 heteroatoms. The first kappa shape index (κ1) is 17.4.